The number of rotatable bonds is 2. The molecule has 1 aliphatic heterocycles. The fourth-order valence-electron chi connectivity index (χ4n) is 1.61. The summed E-state index contributed by atoms with van der Waals surface area (Å²) >= 11 is 0. The average molecular weight is 213 g/mol. The molecule has 0 aromatic heterocycles. The summed E-state index contributed by atoms with van der Waals surface area (Å²) in [4.78, 5) is 16.9. The summed E-state index contributed by atoms with van der Waals surface area (Å²) in [5, 5.41) is 0. The number of esters is 1. The molecular weight excluding hydrogens is 194 g/mol. The molecule has 0 bridgehead atoms. The topological polar surface area (TPSA) is 47.6 Å². The summed E-state index contributed by atoms with van der Waals surface area (Å²) in [7, 11) is 0. The number of hydroxylamine groups is 1. The van der Waals surface area contributed by atoms with Crippen LogP contribution in [0.1, 0.15) is 34.6 Å². The molecule has 0 fully saturated rings. The predicted molar refractivity (Wildman–Crippen MR) is 56.8 cm³/mol. The minimum Gasteiger partial charge on any atom is -0.464 e. The van der Waals surface area contributed by atoms with E-state index in [1.807, 2.05) is 27.7 Å². The highest BCUT2D eigenvalue weighted by Gasteiger charge is 2.36. The van der Waals surface area contributed by atoms with E-state index in [0.29, 0.717) is 6.61 Å². The molecule has 4 nitrogen and oxygen atoms in total. The lowest BCUT2D eigenvalue weighted by atomic mass is 9.90. The molecule has 0 saturated heterocycles. The van der Waals surface area contributed by atoms with Gasteiger partial charge in [0.25, 0.3) is 0 Å². The molecule has 0 spiro atoms. The van der Waals surface area contributed by atoms with Crippen molar-refractivity contribution in [3.05, 3.63) is 11.3 Å². The molecule has 1 aliphatic rings. The van der Waals surface area contributed by atoms with Crippen LogP contribution in [0.25, 0.3) is 0 Å². The van der Waals surface area contributed by atoms with Crippen LogP contribution in [0.2, 0.25) is 0 Å². The van der Waals surface area contributed by atoms with Crippen LogP contribution in [0.4, 0.5) is 0 Å². The highest BCUT2D eigenvalue weighted by molar-refractivity contribution is 5.79. The molecule has 0 aromatic carbocycles. The normalized spacial score (nSPS) is 21.5. The Morgan fingerprint density at radius 3 is 2.53 bits per heavy atom. The molecule has 1 heterocycles. The van der Waals surface area contributed by atoms with Gasteiger partial charge >= 0.3 is 5.97 Å². The van der Waals surface area contributed by atoms with Gasteiger partial charge in [0.05, 0.1) is 6.61 Å². The van der Waals surface area contributed by atoms with E-state index in [9.17, 15) is 4.79 Å². The summed E-state index contributed by atoms with van der Waals surface area (Å²) in [6, 6.07) is -0.459. The van der Waals surface area contributed by atoms with Crippen molar-refractivity contribution >= 4 is 5.97 Å². The molecular formula is C11H19NO3. The van der Waals surface area contributed by atoms with E-state index in [2.05, 4.69) is 5.48 Å². The Labute approximate surface area is 90.6 Å². The van der Waals surface area contributed by atoms with Crippen LogP contribution in [0, 0.1) is 5.41 Å². The van der Waals surface area contributed by atoms with Crippen molar-refractivity contribution in [3.63, 3.8) is 0 Å². The Hall–Kier alpha value is -1.03. The summed E-state index contributed by atoms with van der Waals surface area (Å²) < 4.78 is 4.94. The Bertz CT molecular complexity index is 289. The zero-order valence-electron chi connectivity index (χ0n) is 10.0. The van der Waals surface area contributed by atoms with Crippen LogP contribution in [-0.4, -0.2) is 18.6 Å². The molecule has 15 heavy (non-hydrogen) atoms. The van der Waals surface area contributed by atoms with E-state index in [1.54, 1.807) is 6.92 Å². The second-order valence-corrected chi connectivity index (χ2v) is 4.67. The second kappa shape index (κ2) is 4.23. The summed E-state index contributed by atoms with van der Waals surface area (Å²) in [6.45, 7) is 10.2. The molecule has 0 saturated carbocycles. The maximum Gasteiger partial charge on any atom is 0.330 e. The van der Waals surface area contributed by atoms with Gasteiger partial charge in [0, 0.05) is 5.41 Å². The summed E-state index contributed by atoms with van der Waals surface area (Å²) in [5.74, 6) is 0.537. The van der Waals surface area contributed by atoms with Gasteiger partial charge < -0.3 is 9.57 Å². The van der Waals surface area contributed by atoms with Gasteiger partial charge in [-0.3, -0.25) is 0 Å². The maximum atomic E-state index is 11.5. The minimum absolute atomic E-state index is 0.0989. The minimum atomic E-state index is -0.459. The number of allylic oxidation sites excluding steroid dienone is 1. The molecule has 1 rings (SSSR count). The largest absolute Gasteiger partial charge is 0.464 e. The first kappa shape index (κ1) is 12.0. The fraction of sp³-hybridized carbons (Fsp3) is 0.727. The van der Waals surface area contributed by atoms with Gasteiger partial charge in [0.15, 0.2) is 6.04 Å². The van der Waals surface area contributed by atoms with Crippen molar-refractivity contribution < 1.29 is 14.4 Å². The van der Waals surface area contributed by atoms with E-state index in [-0.39, 0.29) is 11.4 Å². The molecule has 0 aromatic rings. The molecule has 0 radical (unpaired) electrons. The molecule has 0 aliphatic carbocycles. The number of carbonyl (C=O) groups excluding carboxylic acids is 1. The number of hydrogen-bond donors (Lipinski definition) is 1. The van der Waals surface area contributed by atoms with Gasteiger partial charge in [0.1, 0.15) is 5.76 Å². The standard InChI is InChI=1S/C11H19NO3/c1-6-14-10(13)8-7(2)9(15-12-8)11(3,4)5/h8,12H,6H2,1-5H3. The molecule has 4 heteroatoms. The number of carbonyl (C=O) groups is 1. The zero-order chi connectivity index (χ0) is 11.6. The molecule has 0 amide bonds. The van der Waals surface area contributed by atoms with E-state index >= 15 is 0 Å². The second-order valence-electron chi connectivity index (χ2n) is 4.67. The van der Waals surface area contributed by atoms with Gasteiger partial charge in [-0.1, -0.05) is 20.8 Å². The molecule has 86 valence electrons. The third kappa shape index (κ3) is 2.50. The van der Waals surface area contributed by atoms with Crippen molar-refractivity contribution in [2.75, 3.05) is 6.61 Å². The van der Waals surface area contributed by atoms with E-state index in [0.717, 1.165) is 11.3 Å². The van der Waals surface area contributed by atoms with E-state index in [4.69, 9.17) is 9.57 Å². The van der Waals surface area contributed by atoms with Crippen molar-refractivity contribution in [3.8, 4) is 0 Å². The van der Waals surface area contributed by atoms with Gasteiger partial charge in [-0.05, 0) is 19.4 Å². The molecule has 1 unspecified atom stereocenters. The quantitative estimate of drug-likeness (QED) is 0.710. The number of ether oxygens (including phenoxy) is 1. The van der Waals surface area contributed by atoms with Crippen LogP contribution in [0.5, 0.6) is 0 Å². The van der Waals surface area contributed by atoms with Crippen molar-refractivity contribution in [2.45, 2.75) is 40.7 Å². The monoisotopic (exact) mass is 213 g/mol. The first-order valence-electron chi connectivity index (χ1n) is 5.18. The van der Waals surface area contributed by atoms with Crippen molar-refractivity contribution in [1.29, 1.82) is 0 Å². The number of nitrogens with one attached hydrogen (secondary N) is 1. The van der Waals surface area contributed by atoms with Gasteiger partial charge in [0.2, 0.25) is 0 Å². The van der Waals surface area contributed by atoms with E-state index in [1.165, 1.54) is 0 Å². The SMILES string of the molecule is CCOC(=O)C1NOC(C(C)(C)C)=C1C. The average Bonchev–Trinajstić information content (AvgIpc) is 2.46. The lowest BCUT2D eigenvalue weighted by Crippen LogP contribution is -2.34. The maximum absolute atomic E-state index is 11.5. The zero-order valence-corrected chi connectivity index (χ0v) is 10.0. The number of hydrogen-bond acceptors (Lipinski definition) is 4. The van der Waals surface area contributed by atoms with Crippen molar-refractivity contribution in [1.82, 2.24) is 5.48 Å². The van der Waals surface area contributed by atoms with Crippen LogP contribution < -0.4 is 5.48 Å². The molecule has 1 atom stereocenters. The van der Waals surface area contributed by atoms with Crippen molar-refractivity contribution in [2.24, 2.45) is 5.41 Å². The van der Waals surface area contributed by atoms with Crippen LogP contribution >= 0.6 is 0 Å². The lowest BCUT2D eigenvalue weighted by Gasteiger charge is -2.19. The third-order valence-electron chi connectivity index (χ3n) is 2.27. The summed E-state index contributed by atoms with van der Waals surface area (Å²) in [6.07, 6.45) is 0. The highest BCUT2D eigenvalue weighted by atomic mass is 16.7. The summed E-state index contributed by atoms with van der Waals surface area (Å²) in [5.41, 5.74) is 3.50. The fourth-order valence-corrected chi connectivity index (χ4v) is 1.61. The van der Waals surface area contributed by atoms with Gasteiger partial charge in [-0.15, -0.1) is 5.48 Å². The van der Waals surface area contributed by atoms with Crippen LogP contribution in [-0.2, 0) is 14.4 Å². The predicted octanol–water partition coefficient (Wildman–Crippen LogP) is 1.77. The van der Waals surface area contributed by atoms with Crippen LogP contribution in [0.15, 0.2) is 11.3 Å². The van der Waals surface area contributed by atoms with Gasteiger partial charge in [-0.25, -0.2) is 4.79 Å². The smallest absolute Gasteiger partial charge is 0.330 e. The Balaban J connectivity index is 2.83. The Kier molecular flexibility index (Phi) is 3.39. The highest BCUT2D eigenvalue weighted by Crippen LogP contribution is 2.33. The Morgan fingerprint density at radius 1 is 1.53 bits per heavy atom. The third-order valence-corrected chi connectivity index (χ3v) is 2.27. The lowest BCUT2D eigenvalue weighted by molar-refractivity contribution is -0.146. The van der Waals surface area contributed by atoms with Crippen LogP contribution in [0.3, 0.4) is 0 Å². The Morgan fingerprint density at radius 2 is 2.13 bits per heavy atom. The van der Waals surface area contributed by atoms with Gasteiger partial charge in [-0.2, -0.15) is 0 Å². The van der Waals surface area contributed by atoms with E-state index < -0.39 is 6.04 Å². The first-order valence-corrected chi connectivity index (χ1v) is 5.18. The first-order chi connectivity index (χ1) is 6.88. The molecule has 1 N–H and O–H groups in total.